The number of nitrogens with one attached hydrogen (secondary N) is 1. The Kier molecular flexibility index (Phi) is 3.61. The normalized spacial score (nSPS) is 25.3. The molecule has 0 radical (unpaired) electrons. The molecule has 2 N–H and O–H groups in total. The first-order valence-electron chi connectivity index (χ1n) is 6.47. The van der Waals surface area contributed by atoms with Gasteiger partial charge < -0.3 is 15.2 Å². The zero-order valence-electron chi connectivity index (χ0n) is 10.4. The highest BCUT2D eigenvalue weighted by Crippen LogP contribution is 2.36. The van der Waals surface area contributed by atoms with Crippen LogP contribution >= 0.6 is 11.8 Å². The van der Waals surface area contributed by atoms with Gasteiger partial charge in [-0.05, 0) is 23.8 Å². The molecule has 0 saturated carbocycles. The van der Waals surface area contributed by atoms with Gasteiger partial charge in [0.25, 0.3) is 0 Å². The third-order valence-electron chi connectivity index (χ3n) is 3.83. The minimum atomic E-state index is -0.0421. The van der Waals surface area contributed by atoms with E-state index in [1.807, 2.05) is 11.8 Å². The number of ether oxygens (including phenoxy) is 1. The maximum atomic E-state index is 9.44. The summed E-state index contributed by atoms with van der Waals surface area (Å²) in [7, 11) is 0. The molecular weight excluding hydrogens is 246 g/mol. The lowest BCUT2D eigenvalue weighted by Gasteiger charge is -2.41. The second kappa shape index (κ2) is 5.21. The number of fused-ring (bicyclic) bond motifs is 1. The van der Waals surface area contributed by atoms with Crippen molar-refractivity contribution in [1.29, 1.82) is 0 Å². The van der Waals surface area contributed by atoms with E-state index in [0.717, 1.165) is 18.7 Å². The second-order valence-electron chi connectivity index (χ2n) is 5.26. The molecule has 0 aromatic heterocycles. The number of aliphatic hydroxyl groups is 1. The van der Waals surface area contributed by atoms with Gasteiger partial charge in [-0.25, -0.2) is 0 Å². The molecule has 0 spiro atoms. The van der Waals surface area contributed by atoms with E-state index in [1.165, 1.54) is 10.5 Å². The summed E-state index contributed by atoms with van der Waals surface area (Å²) in [5.41, 5.74) is 1.36. The van der Waals surface area contributed by atoms with Crippen LogP contribution in [0.4, 0.5) is 0 Å². The molecule has 1 atom stereocenters. The number of hydrogen-bond acceptors (Lipinski definition) is 4. The third kappa shape index (κ3) is 2.30. The van der Waals surface area contributed by atoms with Gasteiger partial charge in [0.15, 0.2) is 0 Å². The molecule has 3 nitrogen and oxygen atoms in total. The predicted octanol–water partition coefficient (Wildman–Crippen LogP) is 1.82. The summed E-state index contributed by atoms with van der Waals surface area (Å²) in [5, 5.41) is 13.1. The maximum absolute atomic E-state index is 9.44. The van der Waals surface area contributed by atoms with Gasteiger partial charge in [-0.15, -0.1) is 11.8 Å². The molecule has 1 saturated heterocycles. The first kappa shape index (κ1) is 12.5. The summed E-state index contributed by atoms with van der Waals surface area (Å²) in [4.78, 5) is 1.39. The number of rotatable bonds is 4. The average Bonchev–Trinajstić information content (AvgIpc) is 2.38. The van der Waals surface area contributed by atoms with Crippen LogP contribution in [0.15, 0.2) is 29.2 Å². The molecule has 4 heteroatoms. The van der Waals surface area contributed by atoms with Crippen LogP contribution in [-0.4, -0.2) is 37.2 Å². The molecule has 1 aromatic rings. The van der Waals surface area contributed by atoms with Gasteiger partial charge in [-0.3, -0.25) is 0 Å². The summed E-state index contributed by atoms with van der Waals surface area (Å²) in [6.07, 6.45) is 1.16. The Hall–Kier alpha value is -0.550. The van der Waals surface area contributed by atoms with Gasteiger partial charge in [-0.2, -0.15) is 0 Å². The second-order valence-corrected chi connectivity index (χ2v) is 6.40. The SMILES string of the molecule is OCC1(CNC2CCSc3ccccc32)COC1. The van der Waals surface area contributed by atoms with Crippen molar-refractivity contribution in [2.24, 2.45) is 5.41 Å². The Labute approximate surface area is 112 Å². The first-order valence-corrected chi connectivity index (χ1v) is 7.45. The molecule has 3 rings (SSSR count). The Morgan fingerprint density at radius 3 is 2.94 bits per heavy atom. The van der Waals surface area contributed by atoms with Gasteiger partial charge in [0.2, 0.25) is 0 Å². The van der Waals surface area contributed by atoms with E-state index < -0.39 is 0 Å². The molecule has 2 heterocycles. The molecular formula is C14H19NO2S. The lowest BCUT2D eigenvalue weighted by Crippen LogP contribution is -2.52. The molecule has 1 aromatic carbocycles. The highest BCUT2D eigenvalue weighted by atomic mass is 32.2. The smallest absolute Gasteiger partial charge is 0.0579 e. The lowest BCUT2D eigenvalue weighted by atomic mass is 9.86. The third-order valence-corrected chi connectivity index (χ3v) is 4.96. The molecule has 1 unspecified atom stereocenters. The van der Waals surface area contributed by atoms with Crippen molar-refractivity contribution in [2.45, 2.75) is 17.4 Å². The molecule has 18 heavy (non-hydrogen) atoms. The van der Waals surface area contributed by atoms with E-state index in [9.17, 15) is 5.11 Å². The van der Waals surface area contributed by atoms with E-state index >= 15 is 0 Å². The molecule has 2 aliphatic heterocycles. The van der Waals surface area contributed by atoms with Gasteiger partial charge in [0.1, 0.15) is 0 Å². The average molecular weight is 265 g/mol. The van der Waals surface area contributed by atoms with Crippen molar-refractivity contribution in [3.05, 3.63) is 29.8 Å². The summed E-state index contributed by atoms with van der Waals surface area (Å²) in [5.74, 6) is 1.16. The highest BCUT2D eigenvalue weighted by Gasteiger charge is 2.38. The largest absolute Gasteiger partial charge is 0.396 e. The minimum absolute atomic E-state index is 0.0421. The summed E-state index contributed by atoms with van der Waals surface area (Å²) in [6, 6.07) is 9.03. The Balaban J connectivity index is 1.67. The molecule has 0 bridgehead atoms. The van der Waals surface area contributed by atoms with Crippen molar-refractivity contribution >= 4 is 11.8 Å². The molecule has 0 aliphatic carbocycles. The van der Waals surface area contributed by atoms with E-state index in [1.54, 1.807) is 0 Å². The quantitative estimate of drug-likeness (QED) is 0.871. The van der Waals surface area contributed by atoms with Crippen molar-refractivity contribution in [1.82, 2.24) is 5.32 Å². The van der Waals surface area contributed by atoms with Crippen LogP contribution < -0.4 is 5.32 Å². The van der Waals surface area contributed by atoms with Crippen LogP contribution in [0.3, 0.4) is 0 Å². The Bertz CT molecular complexity index is 415. The number of benzene rings is 1. The number of thioether (sulfide) groups is 1. The fraction of sp³-hybridized carbons (Fsp3) is 0.571. The van der Waals surface area contributed by atoms with Crippen LogP contribution in [0.25, 0.3) is 0 Å². The summed E-state index contributed by atoms with van der Waals surface area (Å²) < 4.78 is 5.23. The monoisotopic (exact) mass is 265 g/mol. The van der Waals surface area contributed by atoms with Crippen LogP contribution in [0.5, 0.6) is 0 Å². The topological polar surface area (TPSA) is 41.5 Å². The fourth-order valence-electron chi connectivity index (χ4n) is 2.53. The zero-order chi connectivity index (χ0) is 12.4. The van der Waals surface area contributed by atoms with Crippen molar-refractivity contribution < 1.29 is 9.84 Å². The summed E-state index contributed by atoms with van der Waals surface area (Å²) >= 11 is 1.94. The van der Waals surface area contributed by atoms with Crippen LogP contribution in [-0.2, 0) is 4.74 Å². The van der Waals surface area contributed by atoms with E-state index in [0.29, 0.717) is 19.3 Å². The lowest BCUT2D eigenvalue weighted by molar-refractivity contribution is -0.135. The van der Waals surface area contributed by atoms with Crippen LogP contribution in [0.2, 0.25) is 0 Å². The van der Waals surface area contributed by atoms with E-state index in [-0.39, 0.29) is 12.0 Å². The first-order chi connectivity index (χ1) is 8.83. The van der Waals surface area contributed by atoms with Crippen molar-refractivity contribution in [2.75, 3.05) is 32.1 Å². The highest BCUT2D eigenvalue weighted by molar-refractivity contribution is 7.99. The Morgan fingerprint density at radius 2 is 2.22 bits per heavy atom. The van der Waals surface area contributed by atoms with Crippen molar-refractivity contribution in [3.8, 4) is 0 Å². The fourth-order valence-corrected chi connectivity index (χ4v) is 3.66. The molecule has 1 fully saturated rings. The van der Waals surface area contributed by atoms with Crippen LogP contribution in [0, 0.1) is 5.41 Å². The number of aliphatic hydroxyl groups excluding tert-OH is 1. The van der Waals surface area contributed by atoms with E-state index in [4.69, 9.17) is 4.74 Å². The Morgan fingerprint density at radius 1 is 1.39 bits per heavy atom. The standard InChI is InChI=1S/C14H19NO2S/c16-8-14(9-17-10-14)7-15-12-5-6-18-13-4-2-1-3-11(12)13/h1-4,12,15-16H,5-10H2. The minimum Gasteiger partial charge on any atom is -0.396 e. The molecule has 98 valence electrons. The van der Waals surface area contributed by atoms with Gasteiger partial charge in [-0.1, -0.05) is 18.2 Å². The van der Waals surface area contributed by atoms with Crippen LogP contribution in [0.1, 0.15) is 18.0 Å². The molecule has 0 amide bonds. The zero-order valence-corrected chi connectivity index (χ0v) is 11.2. The van der Waals surface area contributed by atoms with E-state index in [2.05, 4.69) is 29.6 Å². The predicted molar refractivity (Wildman–Crippen MR) is 72.9 cm³/mol. The van der Waals surface area contributed by atoms with Gasteiger partial charge in [0, 0.05) is 17.5 Å². The summed E-state index contributed by atoms with van der Waals surface area (Å²) in [6.45, 7) is 2.41. The number of hydrogen-bond donors (Lipinski definition) is 2. The van der Waals surface area contributed by atoms with Crippen molar-refractivity contribution in [3.63, 3.8) is 0 Å². The molecule has 2 aliphatic rings. The van der Waals surface area contributed by atoms with Gasteiger partial charge >= 0.3 is 0 Å². The maximum Gasteiger partial charge on any atom is 0.0579 e. The van der Waals surface area contributed by atoms with Gasteiger partial charge in [0.05, 0.1) is 25.2 Å².